The van der Waals surface area contributed by atoms with Crippen molar-refractivity contribution >= 4 is 39.5 Å². The van der Waals surface area contributed by atoms with E-state index in [9.17, 15) is 0 Å². The first-order chi connectivity index (χ1) is 16.3. The molecular formula is C26H23N5S2. The standard InChI is InChI=1S/C26H23N5S2/c1-2-6-19(7-3-1)18-30-10-12-31(13-11-30)20-16-21-26(27-17-20)29-25(23-9-5-15-33-23)24(28-21)22-8-4-14-32-22/h1-9,14-17H,10-13,18H2. The van der Waals surface area contributed by atoms with E-state index in [1.807, 2.05) is 6.20 Å². The van der Waals surface area contributed by atoms with Crippen molar-refractivity contribution in [1.29, 1.82) is 0 Å². The van der Waals surface area contributed by atoms with Gasteiger partial charge in [0.25, 0.3) is 0 Å². The van der Waals surface area contributed by atoms with Gasteiger partial charge in [-0.25, -0.2) is 15.0 Å². The first kappa shape index (κ1) is 20.5. The third-order valence-electron chi connectivity index (χ3n) is 6.00. The fraction of sp³-hybridized carbons (Fsp3) is 0.192. The number of pyridine rings is 1. The number of aromatic nitrogens is 3. The molecule has 0 saturated carbocycles. The van der Waals surface area contributed by atoms with Gasteiger partial charge in [0.05, 0.1) is 21.6 Å². The minimum absolute atomic E-state index is 0.699. The highest BCUT2D eigenvalue weighted by molar-refractivity contribution is 7.14. The minimum Gasteiger partial charge on any atom is -0.368 e. The molecule has 0 aliphatic carbocycles. The molecule has 4 aromatic heterocycles. The van der Waals surface area contributed by atoms with Crippen LogP contribution in [0.15, 0.2) is 77.6 Å². The quantitative estimate of drug-likeness (QED) is 0.325. The molecule has 0 amide bonds. The summed E-state index contributed by atoms with van der Waals surface area (Å²) in [5, 5.41) is 4.16. The molecule has 5 nitrogen and oxygen atoms in total. The van der Waals surface area contributed by atoms with Crippen molar-refractivity contribution < 1.29 is 0 Å². The van der Waals surface area contributed by atoms with Gasteiger partial charge in [0.2, 0.25) is 0 Å². The fourth-order valence-electron chi connectivity index (χ4n) is 4.28. The smallest absolute Gasteiger partial charge is 0.178 e. The summed E-state index contributed by atoms with van der Waals surface area (Å²) in [5.74, 6) is 0. The Morgan fingerprint density at radius 3 is 2.12 bits per heavy atom. The highest BCUT2D eigenvalue weighted by Crippen LogP contribution is 2.35. The predicted molar refractivity (Wildman–Crippen MR) is 138 cm³/mol. The molecule has 6 rings (SSSR count). The third kappa shape index (κ3) is 4.27. The van der Waals surface area contributed by atoms with Gasteiger partial charge in [-0.2, -0.15) is 0 Å². The summed E-state index contributed by atoms with van der Waals surface area (Å²) in [6, 6.07) is 21.2. The summed E-state index contributed by atoms with van der Waals surface area (Å²) in [5.41, 5.74) is 5.89. The Labute approximate surface area is 201 Å². The van der Waals surface area contributed by atoms with E-state index in [4.69, 9.17) is 15.0 Å². The summed E-state index contributed by atoms with van der Waals surface area (Å²) < 4.78 is 0. The van der Waals surface area contributed by atoms with Gasteiger partial charge in [0.15, 0.2) is 5.65 Å². The molecule has 164 valence electrons. The second-order valence-electron chi connectivity index (χ2n) is 8.16. The van der Waals surface area contributed by atoms with Crippen LogP contribution < -0.4 is 4.90 Å². The molecular weight excluding hydrogens is 446 g/mol. The van der Waals surface area contributed by atoms with Crippen LogP contribution in [0.5, 0.6) is 0 Å². The Kier molecular flexibility index (Phi) is 5.59. The molecule has 5 heterocycles. The Morgan fingerprint density at radius 1 is 0.758 bits per heavy atom. The Morgan fingerprint density at radius 2 is 1.45 bits per heavy atom. The van der Waals surface area contributed by atoms with Gasteiger partial charge in [-0.1, -0.05) is 42.5 Å². The number of benzene rings is 1. The van der Waals surface area contributed by atoms with Crippen molar-refractivity contribution in [2.45, 2.75) is 6.54 Å². The second kappa shape index (κ2) is 9.02. The number of thiophene rings is 2. The second-order valence-corrected chi connectivity index (χ2v) is 10.1. The van der Waals surface area contributed by atoms with E-state index in [-0.39, 0.29) is 0 Å². The Hall–Kier alpha value is -3.13. The Balaban J connectivity index is 1.27. The molecule has 1 fully saturated rings. The Bertz CT molecular complexity index is 1340. The highest BCUT2D eigenvalue weighted by atomic mass is 32.1. The van der Waals surface area contributed by atoms with E-state index < -0.39 is 0 Å². The number of hydrogen-bond acceptors (Lipinski definition) is 7. The number of hydrogen-bond donors (Lipinski definition) is 0. The van der Waals surface area contributed by atoms with Crippen LogP contribution in [0.4, 0.5) is 5.69 Å². The average Bonchev–Trinajstić information content (AvgIpc) is 3.59. The maximum Gasteiger partial charge on any atom is 0.178 e. The van der Waals surface area contributed by atoms with Gasteiger partial charge in [0.1, 0.15) is 16.9 Å². The molecule has 0 N–H and O–H groups in total. The largest absolute Gasteiger partial charge is 0.368 e. The van der Waals surface area contributed by atoms with Crippen molar-refractivity contribution in [2.24, 2.45) is 0 Å². The summed E-state index contributed by atoms with van der Waals surface area (Å²) in [7, 11) is 0. The molecule has 0 atom stereocenters. The molecule has 7 heteroatoms. The maximum atomic E-state index is 5.05. The van der Waals surface area contributed by atoms with Crippen LogP contribution in [0.25, 0.3) is 32.3 Å². The van der Waals surface area contributed by atoms with Crippen molar-refractivity contribution in [3.05, 3.63) is 83.2 Å². The summed E-state index contributed by atoms with van der Waals surface area (Å²) >= 11 is 3.38. The molecule has 0 unspecified atom stereocenters. The van der Waals surface area contributed by atoms with Crippen LogP contribution >= 0.6 is 22.7 Å². The van der Waals surface area contributed by atoms with Crippen molar-refractivity contribution in [3.8, 4) is 21.1 Å². The summed E-state index contributed by atoms with van der Waals surface area (Å²) in [4.78, 5) is 21.9. The number of fused-ring (bicyclic) bond motifs is 1. The lowest BCUT2D eigenvalue weighted by atomic mass is 10.2. The zero-order valence-electron chi connectivity index (χ0n) is 18.1. The highest BCUT2D eigenvalue weighted by Gasteiger charge is 2.20. The van der Waals surface area contributed by atoms with E-state index in [2.05, 4.69) is 81.2 Å². The normalized spacial score (nSPS) is 14.7. The third-order valence-corrected chi connectivity index (χ3v) is 7.76. The molecule has 33 heavy (non-hydrogen) atoms. The van der Waals surface area contributed by atoms with Crippen LogP contribution in [0, 0.1) is 0 Å². The van der Waals surface area contributed by atoms with Crippen LogP contribution in [0.3, 0.4) is 0 Å². The predicted octanol–water partition coefficient (Wildman–Crippen LogP) is 5.80. The van der Waals surface area contributed by atoms with Crippen LogP contribution in [-0.2, 0) is 6.54 Å². The SMILES string of the molecule is c1ccc(CN2CCN(c3cnc4nc(-c5cccs5)c(-c5cccs5)nc4c3)CC2)cc1. The molecule has 0 spiro atoms. The lowest BCUT2D eigenvalue weighted by Gasteiger charge is -2.36. The molecule has 0 bridgehead atoms. The van der Waals surface area contributed by atoms with Crippen molar-refractivity contribution in [1.82, 2.24) is 19.9 Å². The van der Waals surface area contributed by atoms with Gasteiger partial charge in [-0.15, -0.1) is 22.7 Å². The monoisotopic (exact) mass is 469 g/mol. The number of piperazine rings is 1. The molecule has 0 radical (unpaired) electrons. The number of rotatable bonds is 5. The van der Waals surface area contributed by atoms with Gasteiger partial charge in [-0.05, 0) is 34.5 Å². The first-order valence-electron chi connectivity index (χ1n) is 11.1. The van der Waals surface area contributed by atoms with Gasteiger partial charge < -0.3 is 4.90 Å². The molecule has 1 aliphatic rings. The molecule has 1 aromatic carbocycles. The minimum atomic E-state index is 0.699. The van der Waals surface area contributed by atoms with E-state index in [1.165, 1.54) is 5.56 Å². The van der Waals surface area contributed by atoms with Gasteiger partial charge in [0, 0.05) is 32.7 Å². The van der Waals surface area contributed by atoms with E-state index in [0.717, 1.165) is 65.1 Å². The van der Waals surface area contributed by atoms with E-state index in [1.54, 1.807) is 22.7 Å². The lowest BCUT2D eigenvalue weighted by molar-refractivity contribution is 0.250. The molecule has 1 saturated heterocycles. The van der Waals surface area contributed by atoms with Crippen molar-refractivity contribution in [3.63, 3.8) is 0 Å². The molecule has 1 aliphatic heterocycles. The first-order valence-corrected chi connectivity index (χ1v) is 12.9. The zero-order valence-corrected chi connectivity index (χ0v) is 19.7. The van der Waals surface area contributed by atoms with E-state index >= 15 is 0 Å². The molecule has 5 aromatic rings. The lowest BCUT2D eigenvalue weighted by Crippen LogP contribution is -2.46. The van der Waals surface area contributed by atoms with Gasteiger partial charge >= 0.3 is 0 Å². The summed E-state index contributed by atoms with van der Waals surface area (Å²) in [6.07, 6.45) is 1.95. The van der Waals surface area contributed by atoms with Crippen LogP contribution in [0.1, 0.15) is 5.56 Å². The van der Waals surface area contributed by atoms with Crippen LogP contribution in [-0.4, -0.2) is 46.0 Å². The van der Waals surface area contributed by atoms with Crippen LogP contribution in [0.2, 0.25) is 0 Å². The number of nitrogens with zero attached hydrogens (tertiary/aromatic N) is 5. The topological polar surface area (TPSA) is 45.2 Å². The maximum absolute atomic E-state index is 5.05. The van der Waals surface area contributed by atoms with Gasteiger partial charge in [-0.3, -0.25) is 4.90 Å². The van der Waals surface area contributed by atoms with Crippen molar-refractivity contribution in [2.75, 3.05) is 31.1 Å². The number of anilines is 1. The van der Waals surface area contributed by atoms with E-state index in [0.29, 0.717) is 5.65 Å². The average molecular weight is 470 g/mol. The fourth-order valence-corrected chi connectivity index (χ4v) is 5.71. The zero-order chi connectivity index (χ0) is 22.0. The summed E-state index contributed by atoms with van der Waals surface area (Å²) in [6.45, 7) is 5.05.